The Morgan fingerprint density at radius 1 is 0.889 bits per heavy atom. The summed E-state index contributed by atoms with van der Waals surface area (Å²) in [4.78, 5) is 0. The molecule has 0 radical (unpaired) electrons. The lowest BCUT2D eigenvalue weighted by Gasteiger charge is -2.20. The number of hydrogen-bond donors (Lipinski definition) is 2. The maximum atomic E-state index is 10.7. The number of phenols is 1. The molecular formula is C21H23NO5. The van der Waals surface area contributed by atoms with Gasteiger partial charge in [0.2, 0.25) is 0 Å². The molecule has 0 aromatic heterocycles. The molecule has 6 nitrogen and oxygen atoms in total. The van der Waals surface area contributed by atoms with Gasteiger partial charge in [0.25, 0.3) is 0 Å². The molecule has 3 fully saturated rings. The van der Waals surface area contributed by atoms with Crippen molar-refractivity contribution in [2.24, 2.45) is 0 Å². The van der Waals surface area contributed by atoms with Crippen LogP contribution in [-0.2, 0) is 33.5 Å². The number of hydrogen-bond acceptors (Lipinski definition) is 6. The number of rotatable bonds is 8. The van der Waals surface area contributed by atoms with E-state index in [9.17, 15) is 5.11 Å². The van der Waals surface area contributed by atoms with Crippen LogP contribution in [0.1, 0.15) is 16.7 Å². The van der Waals surface area contributed by atoms with Gasteiger partial charge in [-0.05, 0) is 30.3 Å². The highest BCUT2D eigenvalue weighted by Crippen LogP contribution is 2.41. The highest BCUT2D eigenvalue weighted by molar-refractivity contribution is 5.56. The fraction of sp³-hybridized carbons (Fsp3) is 0.429. The molecule has 0 bridgehead atoms. The minimum atomic E-state index is 0.178. The van der Waals surface area contributed by atoms with Crippen LogP contribution in [0.2, 0.25) is 0 Å². The topological polar surface area (TPSA) is 93.1 Å². The summed E-state index contributed by atoms with van der Waals surface area (Å²) in [5.74, 6) is 1.83. The molecule has 2 aromatic carbocycles. The first-order valence-electron chi connectivity index (χ1n) is 9.40. The van der Waals surface area contributed by atoms with Crippen molar-refractivity contribution in [1.82, 2.24) is 0 Å². The predicted molar refractivity (Wildman–Crippen MR) is 99.4 cm³/mol. The average Bonchev–Trinajstić information content (AvgIpc) is 3.50. The van der Waals surface area contributed by atoms with Crippen LogP contribution in [-0.4, -0.2) is 43.2 Å². The number of ether oxygens (including phenoxy) is 4. The van der Waals surface area contributed by atoms with Gasteiger partial charge in [-0.15, -0.1) is 0 Å². The number of aromatic hydroxyl groups is 1. The van der Waals surface area contributed by atoms with Crippen molar-refractivity contribution < 1.29 is 24.1 Å². The molecule has 0 saturated carbocycles. The molecule has 27 heavy (non-hydrogen) atoms. The van der Waals surface area contributed by atoms with Crippen LogP contribution in [0.25, 0.3) is 0 Å². The summed E-state index contributed by atoms with van der Waals surface area (Å²) in [7, 11) is 0. The summed E-state index contributed by atoms with van der Waals surface area (Å²) >= 11 is 0. The van der Waals surface area contributed by atoms with E-state index in [0.29, 0.717) is 17.9 Å². The minimum absolute atomic E-state index is 0.178. The van der Waals surface area contributed by atoms with Crippen molar-refractivity contribution in [1.29, 1.82) is 0 Å². The van der Waals surface area contributed by atoms with E-state index in [0.717, 1.165) is 60.9 Å². The summed E-state index contributed by atoms with van der Waals surface area (Å²) in [5.41, 5.74) is 9.37. The first-order valence-corrected chi connectivity index (χ1v) is 9.40. The van der Waals surface area contributed by atoms with Crippen molar-refractivity contribution in [2.45, 2.75) is 37.6 Å². The fourth-order valence-corrected chi connectivity index (χ4v) is 3.44. The van der Waals surface area contributed by atoms with E-state index < -0.39 is 0 Å². The monoisotopic (exact) mass is 369 g/mol. The molecule has 3 N–H and O–H groups in total. The standard InChI is InChI=1S/C21H23NO5/c22-13-1-3-14(4-2-13)27-21-12(5-15-9-24-15)6-20(23)18(7-16-10-25-16)19(21)8-17-11-26-17/h1-4,6,15-17,23H,5,7-11,22H2. The SMILES string of the molecule is Nc1ccc(Oc2c(CC3CO3)cc(O)c(CC3CO3)c2CC2CO2)cc1. The van der Waals surface area contributed by atoms with E-state index in [1.165, 1.54) is 0 Å². The van der Waals surface area contributed by atoms with Gasteiger partial charge in [-0.25, -0.2) is 0 Å². The molecule has 2 aromatic rings. The lowest BCUT2D eigenvalue weighted by atomic mass is 9.92. The van der Waals surface area contributed by atoms with Crippen LogP contribution in [0.15, 0.2) is 30.3 Å². The first kappa shape index (κ1) is 16.9. The summed E-state index contributed by atoms with van der Waals surface area (Å²) in [6.45, 7) is 2.24. The lowest BCUT2D eigenvalue weighted by molar-refractivity contribution is 0.387. The zero-order valence-corrected chi connectivity index (χ0v) is 15.0. The van der Waals surface area contributed by atoms with Gasteiger partial charge in [0.05, 0.1) is 38.1 Å². The number of benzene rings is 2. The molecule has 3 aliphatic heterocycles. The highest BCUT2D eigenvalue weighted by Gasteiger charge is 2.33. The average molecular weight is 369 g/mol. The van der Waals surface area contributed by atoms with E-state index in [-0.39, 0.29) is 18.3 Å². The Morgan fingerprint density at radius 3 is 2.04 bits per heavy atom. The molecule has 0 spiro atoms. The van der Waals surface area contributed by atoms with Crippen LogP contribution in [0.4, 0.5) is 5.69 Å². The molecule has 0 amide bonds. The molecule has 142 valence electrons. The van der Waals surface area contributed by atoms with E-state index in [4.69, 9.17) is 24.7 Å². The summed E-state index contributed by atoms with van der Waals surface area (Å²) < 4.78 is 22.6. The van der Waals surface area contributed by atoms with Gasteiger partial charge in [0.1, 0.15) is 17.2 Å². The molecule has 3 unspecified atom stereocenters. The minimum Gasteiger partial charge on any atom is -0.508 e. The van der Waals surface area contributed by atoms with Crippen LogP contribution in [0.3, 0.4) is 0 Å². The van der Waals surface area contributed by atoms with E-state index in [2.05, 4.69) is 0 Å². The zero-order chi connectivity index (χ0) is 18.4. The third kappa shape index (κ3) is 4.03. The molecule has 5 rings (SSSR count). The van der Waals surface area contributed by atoms with E-state index >= 15 is 0 Å². The van der Waals surface area contributed by atoms with Gasteiger partial charge in [-0.2, -0.15) is 0 Å². The van der Waals surface area contributed by atoms with Gasteiger partial charge in [0, 0.05) is 41.6 Å². The Hall–Kier alpha value is -2.28. The molecule has 3 heterocycles. The maximum Gasteiger partial charge on any atom is 0.134 e. The van der Waals surface area contributed by atoms with Gasteiger partial charge < -0.3 is 29.8 Å². The molecule has 3 saturated heterocycles. The quantitative estimate of drug-likeness (QED) is 0.549. The molecule has 3 aliphatic rings. The van der Waals surface area contributed by atoms with Gasteiger partial charge in [-0.1, -0.05) is 0 Å². The number of anilines is 1. The van der Waals surface area contributed by atoms with Crippen LogP contribution >= 0.6 is 0 Å². The van der Waals surface area contributed by atoms with Crippen molar-refractivity contribution >= 4 is 5.69 Å². The first-order chi connectivity index (χ1) is 13.2. The largest absolute Gasteiger partial charge is 0.508 e. The Labute approximate surface area is 157 Å². The predicted octanol–water partition coefficient (Wildman–Crippen LogP) is 2.59. The Balaban J connectivity index is 1.56. The Kier molecular flexibility index (Phi) is 4.19. The number of nitrogen functional groups attached to an aromatic ring is 1. The lowest BCUT2D eigenvalue weighted by Crippen LogP contribution is -2.09. The van der Waals surface area contributed by atoms with Gasteiger partial charge >= 0.3 is 0 Å². The summed E-state index contributed by atoms with van der Waals surface area (Å²) in [6, 6.07) is 9.19. The van der Waals surface area contributed by atoms with E-state index in [1.807, 2.05) is 30.3 Å². The van der Waals surface area contributed by atoms with Crippen molar-refractivity contribution in [3.8, 4) is 17.2 Å². The third-order valence-electron chi connectivity index (χ3n) is 5.17. The molecule has 3 atom stereocenters. The molecule has 6 heteroatoms. The van der Waals surface area contributed by atoms with Crippen LogP contribution in [0, 0.1) is 0 Å². The molecular weight excluding hydrogens is 346 g/mol. The van der Waals surface area contributed by atoms with Gasteiger partial charge in [-0.3, -0.25) is 0 Å². The normalized spacial score (nSPS) is 25.3. The van der Waals surface area contributed by atoms with Crippen molar-refractivity contribution in [2.75, 3.05) is 25.6 Å². The Morgan fingerprint density at radius 2 is 1.44 bits per heavy atom. The molecule has 0 aliphatic carbocycles. The second-order valence-electron chi connectivity index (χ2n) is 7.49. The highest BCUT2D eigenvalue weighted by atomic mass is 16.6. The fourth-order valence-electron chi connectivity index (χ4n) is 3.44. The third-order valence-corrected chi connectivity index (χ3v) is 5.17. The summed E-state index contributed by atoms with van der Waals surface area (Å²) in [5, 5.41) is 10.7. The van der Waals surface area contributed by atoms with Crippen molar-refractivity contribution in [3.05, 3.63) is 47.0 Å². The maximum absolute atomic E-state index is 10.7. The zero-order valence-electron chi connectivity index (χ0n) is 15.0. The second-order valence-corrected chi connectivity index (χ2v) is 7.49. The van der Waals surface area contributed by atoms with Gasteiger partial charge in [0.15, 0.2) is 0 Å². The number of phenolic OH excluding ortho intramolecular Hbond substituents is 1. The smallest absolute Gasteiger partial charge is 0.134 e. The van der Waals surface area contributed by atoms with E-state index in [1.54, 1.807) is 0 Å². The number of nitrogens with two attached hydrogens (primary N) is 1. The van der Waals surface area contributed by atoms with Crippen molar-refractivity contribution in [3.63, 3.8) is 0 Å². The summed E-state index contributed by atoms with van der Waals surface area (Å²) in [6.07, 6.45) is 2.68. The Bertz CT molecular complexity index is 839. The second kappa shape index (κ2) is 6.71. The number of epoxide rings is 3. The van der Waals surface area contributed by atoms with Crippen LogP contribution in [0.5, 0.6) is 17.2 Å². The van der Waals surface area contributed by atoms with Crippen LogP contribution < -0.4 is 10.5 Å².